The molecular formula is C14H16ClNO4. The number of amides is 1. The van der Waals surface area contributed by atoms with Crippen molar-refractivity contribution in [3.63, 3.8) is 0 Å². The van der Waals surface area contributed by atoms with Gasteiger partial charge in [0.2, 0.25) is 5.91 Å². The summed E-state index contributed by atoms with van der Waals surface area (Å²) in [7, 11) is 0. The molecule has 1 aromatic rings. The van der Waals surface area contributed by atoms with E-state index in [2.05, 4.69) is 5.32 Å². The minimum absolute atomic E-state index is 0.116. The summed E-state index contributed by atoms with van der Waals surface area (Å²) in [5, 5.41) is 12.2. The number of aliphatic carboxylic acids is 1. The van der Waals surface area contributed by atoms with Crippen molar-refractivity contribution < 1.29 is 19.4 Å². The fourth-order valence-electron chi connectivity index (χ4n) is 2.12. The number of ether oxygens (including phenoxy) is 1. The van der Waals surface area contributed by atoms with Gasteiger partial charge in [0.15, 0.2) is 6.10 Å². The summed E-state index contributed by atoms with van der Waals surface area (Å²) in [6, 6.07) is 7.08. The minimum atomic E-state index is -0.944. The van der Waals surface area contributed by atoms with E-state index in [1.807, 2.05) is 0 Å². The molecule has 1 saturated heterocycles. The van der Waals surface area contributed by atoms with Gasteiger partial charge < -0.3 is 15.2 Å². The quantitative estimate of drug-likeness (QED) is 0.866. The van der Waals surface area contributed by atoms with Gasteiger partial charge in [0, 0.05) is 11.6 Å². The molecule has 2 atom stereocenters. The molecule has 1 heterocycles. The number of halogens is 1. The van der Waals surface area contributed by atoms with Crippen LogP contribution < -0.4 is 5.32 Å². The van der Waals surface area contributed by atoms with Gasteiger partial charge in [0.05, 0.1) is 12.5 Å². The molecule has 0 saturated carbocycles. The molecule has 2 unspecified atom stereocenters. The molecule has 1 aliphatic rings. The lowest BCUT2D eigenvalue weighted by molar-refractivity contribution is -0.149. The molecule has 6 heteroatoms. The van der Waals surface area contributed by atoms with Crippen LogP contribution in [0.5, 0.6) is 0 Å². The third-order valence-corrected chi connectivity index (χ3v) is 3.44. The highest BCUT2D eigenvalue weighted by molar-refractivity contribution is 6.30. The van der Waals surface area contributed by atoms with E-state index in [1.54, 1.807) is 24.3 Å². The number of carboxylic acids is 1. The highest BCUT2D eigenvalue weighted by Crippen LogP contribution is 2.19. The zero-order chi connectivity index (χ0) is 14.5. The Balaban J connectivity index is 1.73. The van der Waals surface area contributed by atoms with E-state index in [4.69, 9.17) is 21.4 Å². The van der Waals surface area contributed by atoms with E-state index < -0.39 is 12.1 Å². The first-order valence-electron chi connectivity index (χ1n) is 6.44. The maximum Gasteiger partial charge on any atom is 0.332 e. The summed E-state index contributed by atoms with van der Waals surface area (Å²) in [5.74, 6) is -1.06. The van der Waals surface area contributed by atoms with Gasteiger partial charge in [-0.2, -0.15) is 0 Å². The molecule has 0 spiro atoms. The fourth-order valence-corrected chi connectivity index (χ4v) is 2.24. The first-order valence-corrected chi connectivity index (χ1v) is 6.82. The summed E-state index contributed by atoms with van der Waals surface area (Å²) in [6.45, 7) is 0.343. The summed E-state index contributed by atoms with van der Waals surface area (Å²) in [4.78, 5) is 22.5. The Morgan fingerprint density at radius 2 is 2.00 bits per heavy atom. The maximum atomic E-state index is 11.8. The van der Waals surface area contributed by atoms with Crippen LogP contribution in [0, 0.1) is 0 Å². The lowest BCUT2D eigenvalue weighted by atomic mass is 10.1. The van der Waals surface area contributed by atoms with Crippen LogP contribution in [-0.4, -0.2) is 35.7 Å². The molecule has 0 aromatic heterocycles. The first-order chi connectivity index (χ1) is 9.54. The molecule has 1 aliphatic heterocycles. The summed E-state index contributed by atoms with van der Waals surface area (Å²) < 4.78 is 5.31. The molecule has 2 rings (SSSR count). The summed E-state index contributed by atoms with van der Waals surface area (Å²) in [5.41, 5.74) is 0.877. The van der Waals surface area contributed by atoms with Gasteiger partial charge in [-0.05, 0) is 30.5 Å². The molecule has 2 N–H and O–H groups in total. The van der Waals surface area contributed by atoms with Crippen LogP contribution in [0.25, 0.3) is 0 Å². The van der Waals surface area contributed by atoms with Crippen molar-refractivity contribution >= 4 is 23.5 Å². The standard InChI is InChI=1S/C14H16ClNO4/c15-10-3-1-9(2-4-10)7-13(17)16-8-11-5-6-12(20-11)14(18)19/h1-4,11-12H,5-8H2,(H,16,17)(H,18,19). The predicted molar refractivity (Wildman–Crippen MR) is 73.7 cm³/mol. The molecule has 5 nitrogen and oxygen atoms in total. The molecule has 0 bridgehead atoms. The molecule has 1 fully saturated rings. The number of carbonyl (C=O) groups excluding carboxylic acids is 1. The molecular weight excluding hydrogens is 282 g/mol. The lowest BCUT2D eigenvalue weighted by Crippen LogP contribution is -2.34. The monoisotopic (exact) mass is 297 g/mol. The predicted octanol–water partition coefficient (Wildman–Crippen LogP) is 1.63. The zero-order valence-corrected chi connectivity index (χ0v) is 11.6. The van der Waals surface area contributed by atoms with E-state index in [1.165, 1.54) is 0 Å². The van der Waals surface area contributed by atoms with Gasteiger partial charge in [-0.3, -0.25) is 4.79 Å². The number of nitrogens with one attached hydrogen (secondary N) is 1. The molecule has 0 radical (unpaired) electrons. The van der Waals surface area contributed by atoms with Crippen molar-refractivity contribution in [2.45, 2.75) is 31.5 Å². The van der Waals surface area contributed by atoms with E-state index in [9.17, 15) is 9.59 Å². The van der Waals surface area contributed by atoms with Crippen LogP contribution >= 0.6 is 11.6 Å². The van der Waals surface area contributed by atoms with Crippen molar-refractivity contribution in [1.29, 1.82) is 0 Å². The zero-order valence-electron chi connectivity index (χ0n) is 10.8. The van der Waals surface area contributed by atoms with Crippen LogP contribution in [0.2, 0.25) is 5.02 Å². The van der Waals surface area contributed by atoms with E-state index in [0.29, 0.717) is 24.4 Å². The Morgan fingerprint density at radius 1 is 1.30 bits per heavy atom. The second-order valence-electron chi connectivity index (χ2n) is 4.77. The summed E-state index contributed by atoms with van der Waals surface area (Å²) >= 11 is 5.77. The van der Waals surface area contributed by atoms with Crippen LogP contribution in [0.3, 0.4) is 0 Å². The maximum absolute atomic E-state index is 11.8. The summed E-state index contributed by atoms with van der Waals surface area (Å²) in [6.07, 6.45) is 0.454. The number of hydrogen-bond donors (Lipinski definition) is 2. The topological polar surface area (TPSA) is 75.6 Å². The second-order valence-corrected chi connectivity index (χ2v) is 5.21. The number of benzene rings is 1. The highest BCUT2D eigenvalue weighted by atomic mass is 35.5. The Labute approximate surface area is 121 Å². The van der Waals surface area contributed by atoms with Crippen LogP contribution in [0.15, 0.2) is 24.3 Å². The first kappa shape index (κ1) is 14.8. The smallest absolute Gasteiger partial charge is 0.332 e. The third-order valence-electron chi connectivity index (χ3n) is 3.19. The van der Waals surface area contributed by atoms with Crippen molar-refractivity contribution in [2.24, 2.45) is 0 Å². The lowest BCUT2D eigenvalue weighted by Gasteiger charge is -2.12. The molecule has 1 aromatic carbocycles. The fraction of sp³-hybridized carbons (Fsp3) is 0.429. The number of carboxylic acid groups (broad SMARTS) is 1. The average Bonchev–Trinajstić information content (AvgIpc) is 2.88. The van der Waals surface area contributed by atoms with Crippen molar-refractivity contribution in [3.8, 4) is 0 Å². The van der Waals surface area contributed by atoms with Gasteiger partial charge in [-0.1, -0.05) is 23.7 Å². The van der Waals surface area contributed by atoms with Crippen LogP contribution in [0.1, 0.15) is 18.4 Å². The minimum Gasteiger partial charge on any atom is -0.479 e. The molecule has 20 heavy (non-hydrogen) atoms. The number of rotatable bonds is 5. The SMILES string of the molecule is O=C(Cc1ccc(Cl)cc1)NCC1CCC(C(=O)O)O1. The second kappa shape index (κ2) is 6.72. The highest BCUT2D eigenvalue weighted by Gasteiger charge is 2.30. The average molecular weight is 298 g/mol. The Hall–Kier alpha value is -1.59. The van der Waals surface area contributed by atoms with Crippen molar-refractivity contribution in [3.05, 3.63) is 34.9 Å². The van der Waals surface area contributed by atoms with Crippen LogP contribution in [-0.2, 0) is 20.7 Å². The van der Waals surface area contributed by atoms with Gasteiger partial charge in [0.25, 0.3) is 0 Å². The number of carbonyl (C=O) groups is 2. The van der Waals surface area contributed by atoms with Crippen molar-refractivity contribution in [1.82, 2.24) is 5.32 Å². The van der Waals surface area contributed by atoms with Crippen LogP contribution in [0.4, 0.5) is 0 Å². The Morgan fingerprint density at radius 3 is 2.60 bits per heavy atom. The largest absolute Gasteiger partial charge is 0.479 e. The van der Waals surface area contributed by atoms with Gasteiger partial charge in [0.1, 0.15) is 0 Å². The van der Waals surface area contributed by atoms with Gasteiger partial charge in [-0.25, -0.2) is 4.79 Å². The van der Waals surface area contributed by atoms with E-state index in [0.717, 1.165) is 5.56 Å². The Kier molecular flexibility index (Phi) is 4.98. The third kappa shape index (κ3) is 4.21. The normalized spacial score (nSPS) is 21.6. The Bertz CT molecular complexity index is 488. The molecule has 108 valence electrons. The van der Waals surface area contributed by atoms with Gasteiger partial charge in [-0.15, -0.1) is 0 Å². The van der Waals surface area contributed by atoms with E-state index >= 15 is 0 Å². The molecule has 0 aliphatic carbocycles. The molecule has 1 amide bonds. The van der Waals surface area contributed by atoms with Crippen molar-refractivity contribution in [2.75, 3.05) is 6.54 Å². The number of hydrogen-bond acceptors (Lipinski definition) is 3. The van der Waals surface area contributed by atoms with Gasteiger partial charge >= 0.3 is 5.97 Å². The van der Waals surface area contributed by atoms with E-state index in [-0.39, 0.29) is 18.4 Å².